The molecule has 0 aliphatic carbocycles. The number of carbonyl (C=O) groups excluding carboxylic acids is 1. The average Bonchev–Trinajstić information content (AvgIpc) is 2.45. The molecule has 1 heterocycles. The van der Waals surface area contributed by atoms with Crippen LogP contribution in [0, 0.1) is 0 Å². The third kappa shape index (κ3) is 3.65. The summed E-state index contributed by atoms with van der Waals surface area (Å²) in [4.78, 5) is 14.3. The van der Waals surface area contributed by atoms with Crippen LogP contribution in [-0.2, 0) is 4.79 Å². The lowest BCUT2D eigenvalue weighted by atomic mass is 10.0. The largest absolute Gasteiger partial charge is 0.508 e. The van der Waals surface area contributed by atoms with Crippen molar-refractivity contribution in [2.24, 2.45) is 0 Å². The van der Waals surface area contributed by atoms with Gasteiger partial charge in [0, 0.05) is 38.3 Å². The predicted molar refractivity (Wildman–Crippen MR) is 80.2 cm³/mol. The van der Waals surface area contributed by atoms with Gasteiger partial charge in [-0.1, -0.05) is 0 Å². The van der Waals surface area contributed by atoms with E-state index in [1.54, 1.807) is 12.1 Å². The van der Waals surface area contributed by atoms with Gasteiger partial charge in [-0.3, -0.25) is 9.69 Å². The zero-order chi connectivity index (χ0) is 15.4. The number of hydrogen-bond donors (Lipinski definition) is 4. The van der Waals surface area contributed by atoms with E-state index in [0.29, 0.717) is 13.1 Å². The van der Waals surface area contributed by atoms with E-state index in [0.717, 1.165) is 18.7 Å². The van der Waals surface area contributed by atoms with Crippen LogP contribution in [0.15, 0.2) is 18.2 Å². The molecular formula is C15H23N3O3. The second-order valence-corrected chi connectivity index (χ2v) is 5.31. The van der Waals surface area contributed by atoms with Crippen LogP contribution in [0.5, 0.6) is 11.5 Å². The Hall–Kier alpha value is -1.79. The van der Waals surface area contributed by atoms with E-state index in [4.69, 9.17) is 0 Å². The lowest BCUT2D eigenvalue weighted by Crippen LogP contribution is -2.58. The predicted octanol–water partition coefficient (Wildman–Crippen LogP) is 0.569. The molecule has 0 bridgehead atoms. The Balaban J connectivity index is 2.21. The third-order valence-electron chi connectivity index (χ3n) is 3.84. The maximum absolute atomic E-state index is 12.2. The maximum Gasteiger partial charge on any atom is 0.238 e. The number of phenolic OH excluding ortho intramolecular Hbond substituents is 2. The quantitative estimate of drug-likeness (QED) is 0.652. The van der Waals surface area contributed by atoms with E-state index in [-0.39, 0.29) is 29.5 Å². The van der Waals surface area contributed by atoms with Gasteiger partial charge >= 0.3 is 0 Å². The molecule has 1 aromatic carbocycles. The van der Waals surface area contributed by atoms with Crippen LogP contribution in [0.4, 0.5) is 0 Å². The van der Waals surface area contributed by atoms with Gasteiger partial charge in [0.25, 0.3) is 0 Å². The molecule has 1 aromatic rings. The molecule has 2 unspecified atom stereocenters. The van der Waals surface area contributed by atoms with Crippen LogP contribution in [-0.4, -0.2) is 53.2 Å². The Morgan fingerprint density at radius 1 is 1.43 bits per heavy atom. The van der Waals surface area contributed by atoms with Gasteiger partial charge in [-0.2, -0.15) is 0 Å². The molecule has 1 fully saturated rings. The first-order valence-electron chi connectivity index (χ1n) is 7.30. The van der Waals surface area contributed by atoms with Crippen molar-refractivity contribution in [1.82, 2.24) is 15.5 Å². The first kappa shape index (κ1) is 15.6. The Kier molecular flexibility index (Phi) is 5.03. The van der Waals surface area contributed by atoms with Crippen LogP contribution < -0.4 is 10.6 Å². The van der Waals surface area contributed by atoms with E-state index in [9.17, 15) is 15.0 Å². The van der Waals surface area contributed by atoms with Crippen LogP contribution in [0.25, 0.3) is 0 Å². The van der Waals surface area contributed by atoms with Crippen molar-refractivity contribution in [3.8, 4) is 11.5 Å². The molecule has 116 valence electrons. The molecule has 21 heavy (non-hydrogen) atoms. The number of nitrogens with zero attached hydrogens (tertiary/aromatic N) is 1. The Morgan fingerprint density at radius 3 is 2.71 bits per heavy atom. The molecule has 1 amide bonds. The fourth-order valence-electron chi connectivity index (χ4n) is 2.77. The summed E-state index contributed by atoms with van der Waals surface area (Å²) in [5, 5.41) is 25.3. The number of likely N-dealkylation sites (N-methyl/N-ethyl adjacent to an activating group) is 1. The molecule has 0 spiro atoms. The highest BCUT2D eigenvalue weighted by Gasteiger charge is 2.32. The summed E-state index contributed by atoms with van der Waals surface area (Å²) < 4.78 is 0. The van der Waals surface area contributed by atoms with Gasteiger partial charge in [0.2, 0.25) is 5.91 Å². The summed E-state index contributed by atoms with van der Waals surface area (Å²) in [5.41, 5.74) is 0.795. The Bertz CT molecular complexity index is 487. The molecule has 0 saturated carbocycles. The smallest absolute Gasteiger partial charge is 0.238 e. The first-order valence-corrected chi connectivity index (χ1v) is 7.30. The normalized spacial score (nSPS) is 21.0. The van der Waals surface area contributed by atoms with Crippen molar-refractivity contribution in [3.63, 3.8) is 0 Å². The van der Waals surface area contributed by atoms with Crippen molar-refractivity contribution in [2.75, 3.05) is 26.2 Å². The molecule has 1 aliphatic heterocycles. The molecule has 0 aromatic heterocycles. The summed E-state index contributed by atoms with van der Waals surface area (Å²) >= 11 is 0. The second kappa shape index (κ2) is 6.78. The van der Waals surface area contributed by atoms with Gasteiger partial charge in [0.15, 0.2) is 0 Å². The molecule has 1 saturated heterocycles. The summed E-state index contributed by atoms with van der Waals surface area (Å²) in [5.74, 6) is 0.0593. The Morgan fingerprint density at radius 2 is 2.10 bits per heavy atom. The zero-order valence-corrected chi connectivity index (χ0v) is 12.5. The number of nitrogens with one attached hydrogen (secondary N) is 2. The molecule has 0 radical (unpaired) electrons. The van der Waals surface area contributed by atoms with E-state index in [1.807, 2.05) is 13.8 Å². The van der Waals surface area contributed by atoms with Crippen molar-refractivity contribution in [2.45, 2.75) is 25.9 Å². The highest BCUT2D eigenvalue weighted by molar-refractivity contribution is 5.82. The monoisotopic (exact) mass is 293 g/mol. The van der Waals surface area contributed by atoms with Gasteiger partial charge in [0.05, 0.1) is 0 Å². The fourth-order valence-corrected chi connectivity index (χ4v) is 2.77. The number of piperazine rings is 1. The van der Waals surface area contributed by atoms with Gasteiger partial charge < -0.3 is 20.8 Å². The third-order valence-corrected chi connectivity index (χ3v) is 3.84. The molecular weight excluding hydrogens is 270 g/mol. The van der Waals surface area contributed by atoms with E-state index in [2.05, 4.69) is 15.5 Å². The first-order chi connectivity index (χ1) is 10.0. The lowest BCUT2D eigenvalue weighted by molar-refractivity contribution is -0.128. The highest BCUT2D eigenvalue weighted by atomic mass is 16.3. The van der Waals surface area contributed by atoms with Gasteiger partial charge in [-0.15, -0.1) is 0 Å². The summed E-state index contributed by atoms with van der Waals surface area (Å²) in [7, 11) is 0. The van der Waals surface area contributed by atoms with Gasteiger partial charge in [-0.05, 0) is 31.5 Å². The molecule has 6 nitrogen and oxygen atoms in total. The van der Waals surface area contributed by atoms with Gasteiger partial charge in [0.1, 0.15) is 17.5 Å². The average molecular weight is 293 g/mol. The second-order valence-electron chi connectivity index (χ2n) is 5.31. The van der Waals surface area contributed by atoms with Crippen molar-refractivity contribution in [1.29, 1.82) is 0 Å². The number of carbonyl (C=O) groups is 1. The zero-order valence-electron chi connectivity index (χ0n) is 12.5. The maximum atomic E-state index is 12.2. The molecule has 2 rings (SSSR count). The van der Waals surface area contributed by atoms with Crippen molar-refractivity contribution in [3.05, 3.63) is 23.8 Å². The van der Waals surface area contributed by atoms with E-state index < -0.39 is 0 Å². The van der Waals surface area contributed by atoms with Gasteiger partial charge in [-0.25, -0.2) is 0 Å². The fraction of sp³-hybridized carbons (Fsp3) is 0.533. The summed E-state index contributed by atoms with van der Waals surface area (Å²) in [6, 6.07) is 4.23. The number of rotatable bonds is 4. The molecule has 2 atom stereocenters. The standard InChI is InChI=1S/C15H23N3O3/c1-3-17-15(21)14-9-16-4-5-18(14)10(2)11-6-12(19)8-13(20)7-11/h6-8,10,14,16,19-20H,3-5,9H2,1-2H3,(H,17,21). The molecule has 1 aliphatic rings. The van der Waals surface area contributed by atoms with Crippen molar-refractivity contribution < 1.29 is 15.0 Å². The van der Waals surface area contributed by atoms with Crippen LogP contribution >= 0.6 is 0 Å². The topological polar surface area (TPSA) is 84.8 Å². The minimum absolute atomic E-state index is 0.000856. The number of phenols is 2. The number of amides is 1. The molecule has 4 N–H and O–H groups in total. The number of hydrogen-bond acceptors (Lipinski definition) is 5. The van der Waals surface area contributed by atoms with E-state index >= 15 is 0 Å². The molecule has 6 heteroatoms. The van der Waals surface area contributed by atoms with Crippen molar-refractivity contribution >= 4 is 5.91 Å². The van der Waals surface area contributed by atoms with Crippen LogP contribution in [0.2, 0.25) is 0 Å². The Labute approximate surface area is 124 Å². The minimum atomic E-state index is -0.252. The van der Waals surface area contributed by atoms with Crippen LogP contribution in [0.3, 0.4) is 0 Å². The lowest BCUT2D eigenvalue weighted by Gasteiger charge is -2.39. The number of aromatic hydroxyl groups is 2. The SMILES string of the molecule is CCNC(=O)C1CNCCN1C(C)c1cc(O)cc(O)c1. The highest BCUT2D eigenvalue weighted by Crippen LogP contribution is 2.29. The van der Waals surface area contributed by atoms with Crippen LogP contribution in [0.1, 0.15) is 25.5 Å². The van der Waals surface area contributed by atoms with E-state index in [1.165, 1.54) is 6.07 Å². The summed E-state index contributed by atoms with van der Waals surface area (Å²) in [6.45, 7) is 6.62. The summed E-state index contributed by atoms with van der Waals surface area (Å²) in [6.07, 6.45) is 0. The minimum Gasteiger partial charge on any atom is -0.508 e. The number of benzene rings is 1.